The maximum Gasteiger partial charge on any atom is 0.251 e. The molecule has 152 valence electrons. The van der Waals surface area contributed by atoms with Crippen LogP contribution in [-0.2, 0) is 6.42 Å². The first kappa shape index (κ1) is 19.3. The first-order valence-electron chi connectivity index (χ1n) is 9.93. The summed E-state index contributed by atoms with van der Waals surface area (Å²) in [6.07, 6.45) is 0.947. The second kappa shape index (κ2) is 7.79. The highest BCUT2D eigenvalue weighted by Crippen LogP contribution is 2.35. The number of hydrogen-bond donors (Lipinski definition) is 2. The first-order valence-corrected chi connectivity index (χ1v) is 9.93. The number of rotatable bonds is 6. The van der Waals surface area contributed by atoms with E-state index in [2.05, 4.69) is 29.0 Å². The van der Waals surface area contributed by atoms with Crippen molar-refractivity contribution in [2.75, 3.05) is 27.4 Å². The van der Waals surface area contributed by atoms with E-state index in [0.29, 0.717) is 12.1 Å². The molecule has 0 saturated carbocycles. The summed E-state index contributed by atoms with van der Waals surface area (Å²) in [7, 11) is 4.01. The molecule has 1 atom stereocenters. The summed E-state index contributed by atoms with van der Waals surface area (Å²) in [4.78, 5) is 18.4. The van der Waals surface area contributed by atoms with Crippen LogP contribution in [0.3, 0.4) is 0 Å². The van der Waals surface area contributed by atoms with Gasteiger partial charge in [-0.3, -0.25) is 4.79 Å². The molecule has 0 radical (unpaired) electrons. The fourth-order valence-electron chi connectivity index (χ4n) is 3.89. The Morgan fingerprint density at radius 2 is 1.97 bits per heavy atom. The number of aromatic nitrogens is 1. The standard InChI is InChI=1S/C23H27N3O3/c1-5-18-14(2)17-10-16(6-8-19(17)25-18)23(27)24-12-20(26(3)4)15-7-9-21-22(11-15)29-13-28-21/h6-11,20,25H,5,12-13H2,1-4H3,(H,24,27)/t20-/m0/s1. The van der Waals surface area contributed by atoms with E-state index in [1.807, 2.05) is 50.5 Å². The van der Waals surface area contributed by atoms with E-state index in [1.165, 1.54) is 11.3 Å². The van der Waals surface area contributed by atoms with Crippen molar-refractivity contribution >= 4 is 16.8 Å². The maximum atomic E-state index is 12.8. The monoisotopic (exact) mass is 393 g/mol. The number of aromatic amines is 1. The van der Waals surface area contributed by atoms with Gasteiger partial charge in [-0.05, 0) is 68.9 Å². The van der Waals surface area contributed by atoms with E-state index in [4.69, 9.17) is 9.47 Å². The lowest BCUT2D eigenvalue weighted by Crippen LogP contribution is -2.34. The van der Waals surface area contributed by atoms with Crippen molar-refractivity contribution in [1.82, 2.24) is 15.2 Å². The summed E-state index contributed by atoms with van der Waals surface area (Å²) in [5.41, 5.74) is 5.24. The van der Waals surface area contributed by atoms with Crippen LogP contribution in [0.25, 0.3) is 10.9 Å². The second-order valence-electron chi connectivity index (χ2n) is 7.64. The van der Waals surface area contributed by atoms with Gasteiger partial charge in [-0.25, -0.2) is 0 Å². The number of carbonyl (C=O) groups is 1. The molecular weight excluding hydrogens is 366 g/mol. The molecule has 1 aliphatic heterocycles. The van der Waals surface area contributed by atoms with Crippen molar-refractivity contribution in [3.05, 3.63) is 58.8 Å². The largest absolute Gasteiger partial charge is 0.454 e. The predicted octanol–water partition coefficient (Wildman–Crippen LogP) is 3.80. The van der Waals surface area contributed by atoms with Gasteiger partial charge in [0.1, 0.15) is 0 Å². The van der Waals surface area contributed by atoms with Crippen molar-refractivity contribution in [1.29, 1.82) is 0 Å². The number of nitrogens with one attached hydrogen (secondary N) is 2. The Balaban J connectivity index is 1.51. The van der Waals surface area contributed by atoms with Crippen molar-refractivity contribution in [2.24, 2.45) is 0 Å². The molecule has 6 nitrogen and oxygen atoms in total. The van der Waals surface area contributed by atoms with Gasteiger partial charge in [0.25, 0.3) is 5.91 Å². The van der Waals surface area contributed by atoms with Crippen molar-refractivity contribution < 1.29 is 14.3 Å². The molecule has 1 amide bonds. The summed E-state index contributed by atoms with van der Waals surface area (Å²) in [6, 6.07) is 11.8. The minimum absolute atomic E-state index is 0.0258. The highest BCUT2D eigenvalue weighted by atomic mass is 16.7. The molecule has 0 fully saturated rings. The molecule has 1 aromatic heterocycles. The number of nitrogens with zero attached hydrogens (tertiary/aromatic N) is 1. The van der Waals surface area contributed by atoms with E-state index in [-0.39, 0.29) is 18.7 Å². The number of ether oxygens (including phenoxy) is 2. The minimum atomic E-state index is -0.0712. The summed E-state index contributed by atoms with van der Waals surface area (Å²) in [5, 5.41) is 4.19. The predicted molar refractivity (Wildman–Crippen MR) is 114 cm³/mol. The number of aryl methyl sites for hydroxylation is 2. The molecular formula is C23H27N3O3. The van der Waals surface area contributed by atoms with Crippen LogP contribution in [0.2, 0.25) is 0 Å². The van der Waals surface area contributed by atoms with Crippen LogP contribution >= 0.6 is 0 Å². The summed E-state index contributed by atoms with van der Waals surface area (Å²) < 4.78 is 10.9. The maximum absolute atomic E-state index is 12.8. The molecule has 2 N–H and O–H groups in total. The first-order chi connectivity index (χ1) is 14.0. The van der Waals surface area contributed by atoms with E-state index < -0.39 is 0 Å². The van der Waals surface area contributed by atoms with Crippen molar-refractivity contribution in [3.8, 4) is 11.5 Å². The Labute approximate surface area is 170 Å². The normalized spacial score (nSPS) is 13.8. The Kier molecular flexibility index (Phi) is 5.20. The zero-order valence-electron chi connectivity index (χ0n) is 17.3. The molecule has 0 spiro atoms. The fraction of sp³-hybridized carbons (Fsp3) is 0.348. The highest BCUT2D eigenvalue weighted by molar-refractivity contribution is 5.99. The Morgan fingerprint density at radius 1 is 1.17 bits per heavy atom. The Morgan fingerprint density at radius 3 is 2.72 bits per heavy atom. The van der Waals surface area contributed by atoms with Crippen molar-refractivity contribution in [3.63, 3.8) is 0 Å². The van der Waals surface area contributed by atoms with Crippen LogP contribution in [-0.4, -0.2) is 43.2 Å². The van der Waals surface area contributed by atoms with Gasteiger partial charge in [0.15, 0.2) is 11.5 Å². The third-order valence-electron chi connectivity index (χ3n) is 5.64. The van der Waals surface area contributed by atoms with Crippen LogP contribution in [0.5, 0.6) is 11.5 Å². The molecule has 0 saturated heterocycles. The molecule has 6 heteroatoms. The van der Waals surface area contributed by atoms with Gasteiger partial charge in [-0.15, -0.1) is 0 Å². The summed E-state index contributed by atoms with van der Waals surface area (Å²) >= 11 is 0. The van der Waals surface area contributed by atoms with Crippen LogP contribution in [0.4, 0.5) is 0 Å². The second-order valence-corrected chi connectivity index (χ2v) is 7.64. The molecule has 1 aliphatic rings. The lowest BCUT2D eigenvalue weighted by Gasteiger charge is -2.25. The number of H-pyrrole nitrogens is 1. The quantitative estimate of drug-likeness (QED) is 0.669. The third kappa shape index (κ3) is 3.68. The average Bonchev–Trinajstić information content (AvgIpc) is 3.31. The van der Waals surface area contributed by atoms with Crippen LogP contribution < -0.4 is 14.8 Å². The van der Waals surface area contributed by atoms with Gasteiger partial charge in [-0.1, -0.05) is 13.0 Å². The number of benzene rings is 2. The highest BCUT2D eigenvalue weighted by Gasteiger charge is 2.20. The number of amides is 1. The molecule has 0 unspecified atom stereocenters. The molecule has 0 aliphatic carbocycles. The topological polar surface area (TPSA) is 66.6 Å². The molecule has 3 aromatic rings. The molecule has 0 bridgehead atoms. The lowest BCUT2D eigenvalue weighted by molar-refractivity contribution is 0.0942. The van der Waals surface area contributed by atoms with Gasteiger partial charge < -0.3 is 24.7 Å². The smallest absolute Gasteiger partial charge is 0.251 e. The summed E-state index contributed by atoms with van der Waals surface area (Å²) in [5.74, 6) is 1.44. The van der Waals surface area contributed by atoms with E-state index in [9.17, 15) is 4.79 Å². The zero-order valence-corrected chi connectivity index (χ0v) is 17.3. The van der Waals surface area contributed by atoms with E-state index in [0.717, 1.165) is 34.4 Å². The molecule has 2 aromatic carbocycles. The van der Waals surface area contributed by atoms with Gasteiger partial charge in [0, 0.05) is 28.7 Å². The molecule has 4 rings (SSSR count). The Bertz CT molecular complexity index is 1050. The van der Waals surface area contributed by atoms with Crippen LogP contribution in [0, 0.1) is 6.92 Å². The van der Waals surface area contributed by atoms with E-state index in [1.54, 1.807) is 0 Å². The number of fused-ring (bicyclic) bond motifs is 2. The summed E-state index contributed by atoms with van der Waals surface area (Å²) in [6.45, 7) is 4.97. The SMILES string of the molecule is CCc1[nH]c2ccc(C(=O)NC[C@@H](c3ccc4c(c3)OCO4)N(C)C)cc2c1C. The zero-order chi connectivity index (χ0) is 20.5. The van der Waals surface area contributed by atoms with Gasteiger partial charge in [0.05, 0.1) is 6.04 Å². The minimum Gasteiger partial charge on any atom is -0.454 e. The van der Waals surface area contributed by atoms with Crippen LogP contribution in [0.15, 0.2) is 36.4 Å². The molecule has 29 heavy (non-hydrogen) atoms. The average molecular weight is 393 g/mol. The lowest BCUT2D eigenvalue weighted by atomic mass is 10.0. The number of carbonyl (C=O) groups excluding carboxylic acids is 1. The van der Waals surface area contributed by atoms with E-state index >= 15 is 0 Å². The van der Waals surface area contributed by atoms with Crippen LogP contribution in [0.1, 0.15) is 40.1 Å². The number of likely N-dealkylation sites (N-methyl/N-ethyl adjacent to an activating group) is 1. The van der Waals surface area contributed by atoms with Gasteiger partial charge in [-0.2, -0.15) is 0 Å². The number of hydrogen-bond acceptors (Lipinski definition) is 4. The van der Waals surface area contributed by atoms with Gasteiger partial charge in [0.2, 0.25) is 6.79 Å². The fourth-order valence-corrected chi connectivity index (χ4v) is 3.89. The third-order valence-corrected chi connectivity index (χ3v) is 5.64. The van der Waals surface area contributed by atoms with Gasteiger partial charge >= 0.3 is 0 Å². The Hall–Kier alpha value is -2.99. The molecule has 2 heterocycles. The van der Waals surface area contributed by atoms with Crippen molar-refractivity contribution in [2.45, 2.75) is 26.3 Å².